The predicted molar refractivity (Wildman–Crippen MR) is 93.1 cm³/mol. The Kier molecular flexibility index (Phi) is 5.65. The van der Waals surface area contributed by atoms with E-state index < -0.39 is 36.9 Å². The van der Waals surface area contributed by atoms with Crippen LogP contribution in [0.2, 0.25) is 0 Å². The fourth-order valence-corrected chi connectivity index (χ4v) is 6.78. The van der Waals surface area contributed by atoms with Gasteiger partial charge in [0.1, 0.15) is 15.6 Å². The van der Waals surface area contributed by atoms with Gasteiger partial charge in [-0.05, 0) is 29.8 Å². The molecule has 3 aromatic rings. The molecule has 0 unspecified atom stereocenters. The second-order valence-electron chi connectivity index (χ2n) is 5.18. The highest BCUT2D eigenvalue weighted by atomic mass is 127. The van der Waals surface area contributed by atoms with Crippen molar-refractivity contribution in [2.75, 3.05) is 0 Å². The second-order valence-corrected chi connectivity index (χ2v) is 9.56. The standard InChI is InChI=1S/C20H15FIO2S/c21-18-13-7-8-14-19(18)25(23,24)20(16-9-3-1-4-10-16)15-22-17-11-5-2-6-12-17/h1-15H/q+1/b20-15-. The Balaban J connectivity index is 2.10. The Hall–Kier alpha value is -1.99. The van der Waals surface area contributed by atoms with E-state index in [-0.39, 0.29) is 9.80 Å². The van der Waals surface area contributed by atoms with Gasteiger partial charge in [-0.1, -0.05) is 60.7 Å². The first-order valence-electron chi connectivity index (χ1n) is 7.53. The summed E-state index contributed by atoms with van der Waals surface area (Å²) in [5, 5.41) is 0. The maximum atomic E-state index is 14.1. The van der Waals surface area contributed by atoms with Crippen molar-refractivity contribution in [3.8, 4) is 0 Å². The van der Waals surface area contributed by atoms with Crippen molar-refractivity contribution in [1.82, 2.24) is 0 Å². The molecule has 126 valence electrons. The van der Waals surface area contributed by atoms with Crippen LogP contribution in [0, 0.1) is 9.39 Å². The van der Waals surface area contributed by atoms with E-state index in [0.717, 1.165) is 3.57 Å². The molecule has 0 aliphatic carbocycles. The van der Waals surface area contributed by atoms with E-state index in [1.54, 1.807) is 28.3 Å². The molecule has 0 atom stereocenters. The van der Waals surface area contributed by atoms with Crippen molar-refractivity contribution in [3.05, 3.63) is 104 Å². The smallest absolute Gasteiger partial charge is 0.218 e. The molecule has 0 N–H and O–H groups in total. The summed E-state index contributed by atoms with van der Waals surface area (Å²) in [6, 6.07) is 24.1. The Bertz CT molecular complexity index is 984. The highest BCUT2D eigenvalue weighted by Gasteiger charge is 2.28. The lowest BCUT2D eigenvalue weighted by Crippen LogP contribution is -3.59. The van der Waals surface area contributed by atoms with E-state index in [9.17, 15) is 12.8 Å². The molecule has 0 saturated heterocycles. The maximum Gasteiger partial charge on any atom is 0.350 e. The van der Waals surface area contributed by atoms with Gasteiger partial charge in [-0.3, -0.25) is 0 Å². The average molecular weight is 465 g/mol. The van der Waals surface area contributed by atoms with Crippen molar-refractivity contribution in [1.29, 1.82) is 0 Å². The SMILES string of the molecule is O=S(=O)(/C(=C\[I+]c1ccccc1)c1ccccc1)c1ccccc1F. The molecule has 3 rings (SSSR count). The molecule has 0 aliphatic rings. The Morgan fingerprint density at radius 1 is 0.800 bits per heavy atom. The van der Waals surface area contributed by atoms with Gasteiger partial charge < -0.3 is 0 Å². The number of halogens is 2. The second kappa shape index (κ2) is 7.93. The fourth-order valence-electron chi connectivity index (χ4n) is 2.26. The summed E-state index contributed by atoms with van der Waals surface area (Å²) in [7, 11) is -3.94. The van der Waals surface area contributed by atoms with Gasteiger partial charge in [0.2, 0.25) is 9.84 Å². The molecule has 5 heteroatoms. The topological polar surface area (TPSA) is 34.1 Å². The first-order valence-corrected chi connectivity index (χ1v) is 11.3. The van der Waals surface area contributed by atoms with Crippen LogP contribution in [-0.2, 0) is 9.84 Å². The van der Waals surface area contributed by atoms with Crippen LogP contribution in [-0.4, -0.2) is 8.42 Å². The van der Waals surface area contributed by atoms with Crippen LogP contribution in [0.15, 0.2) is 93.9 Å². The summed E-state index contributed by atoms with van der Waals surface area (Å²) in [6.45, 7) is 0. The van der Waals surface area contributed by atoms with Crippen molar-refractivity contribution in [2.24, 2.45) is 0 Å². The molecule has 3 aromatic carbocycles. The van der Waals surface area contributed by atoms with E-state index >= 15 is 0 Å². The minimum absolute atomic E-state index is 0.162. The third-order valence-corrected chi connectivity index (χ3v) is 8.12. The number of hydrogen-bond acceptors (Lipinski definition) is 2. The first-order chi connectivity index (χ1) is 12.1. The van der Waals surface area contributed by atoms with Crippen LogP contribution in [0.1, 0.15) is 5.56 Å². The zero-order valence-corrected chi connectivity index (χ0v) is 16.1. The van der Waals surface area contributed by atoms with Crippen LogP contribution in [0.3, 0.4) is 0 Å². The van der Waals surface area contributed by atoms with Crippen molar-refractivity contribution >= 4 is 14.7 Å². The summed E-state index contributed by atoms with van der Waals surface area (Å²) >= 11 is -0.671. The lowest BCUT2D eigenvalue weighted by molar-refractivity contribution is -0.555. The Morgan fingerprint density at radius 3 is 2.00 bits per heavy atom. The highest BCUT2D eigenvalue weighted by molar-refractivity contribution is 8.00. The third kappa shape index (κ3) is 4.16. The third-order valence-electron chi connectivity index (χ3n) is 3.49. The van der Waals surface area contributed by atoms with E-state index in [1.165, 1.54) is 24.3 Å². The summed E-state index contributed by atoms with van der Waals surface area (Å²) in [6.07, 6.45) is 0. The number of hydrogen-bond donors (Lipinski definition) is 0. The predicted octanol–water partition coefficient (Wildman–Crippen LogP) is 1.56. The molecule has 0 fully saturated rings. The van der Waals surface area contributed by atoms with E-state index in [1.807, 2.05) is 36.4 Å². The van der Waals surface area contributed by atoms with Gasteiger partial charge >= 0.3 is 21.2 Å². The number of rotatable bonds is 5. The van der Waals surface area contributed by atoms with Gasteiger partial charge in [-0.25, -0.2) is 12.8 Å². The van der Waals surface area contributed by atoms with Gasteiger partial charge in [-0.2, -0.15) is 0 Å². The first kappa shape index (κ1) is 17.8. The molecule has 2 nitrogen and oxygen atoms in total. The minimum Gasteiger partial charge on any atom is -0.218 e. The van der Waals surface area contributed by atoms with Gasteiger partial charge in [0.15, 0.2) is 7.65 Å². The minimum atomic E-state index is -3.94. The molecule has 0 saturated carbocycles. The molecular weight excluding hydrogens is 450 g/mol. The van der Waals surface area contributed by atoms with Crippen LogP contribution in [0.4, 0.5) is 4.39 Å². The summed E-state index contributed by atoms with van der Waals surface area (Å²) < 4.78 is 43.1. The highest BCUT2D eigenvalue weighted by Crippen LogP contribution is 2.28. The van der Waals surface area contributed by atoms with E-state index in [4.69, 9.17) is 0 Å². The Labute approximate surface area is 157 Å². The number of benzene rings is 3. The Morgan fingerprint density at radius 2 is 1.36 bits per heavy atom. The van der Waals surface area contributed by atoms with Gasteiger partial charge in [0.25, 0.3) is 0 Å². The zero-order chi connectivity index (χ0) is 17.7. The monoisotopic (exact) mass is 465 g/mol. The average Bonchev–Trinajstić information content (AvgIpc) is 2.64. The normalized spacial score (nSPS) is 12.1. The summed E-state index contributed by atoms with van der Waals surface area (Å²) in [5.74, 6) is -0.734. The van der Waals surface area contributed by atoms with Gasteiger partial charge in [0, 0.05) is 0 Å². The quantitative estimate of drug-likeness (QED) is 0.537. The lowest BCUT2D eigenvalue weighted by Gasteiger charge is -2.08. The largest absolute Gasteiger partial charge is 0.350 e. The summed E-state index contributed by atoms with van der Waals surface area (Å²) in [5.41, 5.74) is 0.571. The molecule has 25 heavy (non-hydrogen) atoms. The van der Waals surface area contributed by atoms with Crippen molar-refractivity contribution in [3.63, 3.8) is 0 Å². The molecule has 0 amide bonds. The molecule has 0 aromatic heterocycles. The fraction of sp³-hybridized carbons (Fsp3) is 0. The molecule has 0 spiro atoms. The summed E-state index contributed by atoms with van der Waals surface area (Å²) in [4.78, 5) is -0.128. The van der Waals surface area contributed by atoms with Gasteiger partial charge in [-0.15, -0.1) is 0 Å². The van der Waals surface area contributed by atoms with Crippen LogP contribution >= 0.6 is 0 Å². The number of sulfone groups is 1. The molecular formula is C20H15FIO2S+. The molecule has 0 bridgehead atoms. The van der Waals surface area contributed by atoms with E-state index in [0.29, 0.717) is 5.56 Å². The molecule has 0 aliphatic heterocycles. The van der Waals surface area contributed by atoms with Crippen LogP contribution in [0.25, 0.3) is 4.91 Å². The van der Waals surface area contributed by atoms with Crippen molar-refractivity contribution in [2.45, 2.75) is 4.90 Å². The van der Waals surface area contributed by atoms with E-state index in [2.05, 4.69) is 0 Å². The maximum absolute atomic E-state index is 14.1. The molecule has 0 radical (unpaired) electrons. The zero-order valence-electron chi connectivity index (χ0n) is 13.1. The van der Waals surface area contributed by atoms with Crippen LogP contribution < -0.4 is 21.2 Å². The van der Waals surface area contributed by atoms with Crippen molar-refractivity contribution < 1.29 is 34.0 Å². The molecule has 0 heterocycles. The lowest BCUT2D eigenvalue weighted by atomic mass is 10.2. The van der Waals surface area contributed by atoms with Gasteiger partial charge in [0.05, 0.1) is 0 Å². The van der Waals surface area contributed by atoms with Crippen LogP contribution in [0.5, 0.6) is 0 Å².